The van der Waals surface area contributed by atoms with Gasteiger partial charge < -0.3 is 36.9 Å². The summed E-state index contributed by atoms with van der Waals surface area (Å²) in [6, 6.07) is 0. The summed E-state index contributed by atoms with van der Waals surface area (Å²) in [5, 5.41) is 0. The Morgan fingerprint density at radius 2 is 0.286 bits per heavy atom. The minimum atomic E-state index is 0. The average Bonchev–Trinajstić information content (AvgIpc) is 0. The molecule has 0 atom stereocenters. The van der Waals surface area contributed by atoms with Gasteiger partial charge in [0.25, 0.3) is 0 Å². The van der Waals surface area contributed by atoms with Crippen LogP contribution < -0.4 is 36.9 Å². The quantitative estimate of drug-likeness (QED) is 0.320. The fourth-order valence-corrected chi connectivity index (χ4v) is 0. The molecule has 0 saturated heterocycles. The molecule has 0 saturated carbocycles. The van der Waals surface area contributed by atoms with E-state index < -0.39 is 0 Å². The Morgan fingerprint density at radius 1 is 0.286 bits per heavy atom. The molecule has 0 aliphatic rings. The monoisotopic (exact) mass is 209 g/mol. The van der Waals surface area contributed by atoms with E-state index in [1.54, 1.807) is 0 Å². The molecule has 0 unspecified atom stereocenters. The third-order valence-corrected chi connectivity index (χ3v) is 0. The smallest absolute Gasteiger partial charge is 0 e. The zero-order valence-corrected chi connectivity index (χ0v) is 6.03. The predicted octanol–water partition coefficient (Wildman–Crippen LogP) is 0.969. The normalized spacial score (nSPS) is 0. The van der Waals surface area contributed by atoms with E-state index in [0.29, 0.717) is 0 Å². The summed E-state index contributed by atoms with van der Waals surface area (Å²) in [4.78, 5) is 0. The van der Waals surface area contributed by atoms with Crippen molar-refractivity contribution in [2.24, 2.45) is 0 Å². The van der Waals surface area contributed by atoms with Gasteiger partial charge >= 0.3 is 0 Å². The number of hydrogen-bond acceptors (Lipinski definition) is 6. The Morgan fingerprint density at radius 3 is 0.286 bits per heavy atom. The summed E-state index contributed by atoms with van der Waals surface area (Å²) in [6.07, 6.45) is 0. The van der Waals surface area contributed by atoms with Gasteiger partial charge in [0, 0.05) is 22.4 Å². The molecule has 0 aromatic heterocycles. The van der Waals surface area contributed by atoms with Gasteiger partial charge in [-0.15, -0.1) is 0 Å². The van der Waals surface area contributed by atoms with Crippen LogP contribution in [0.4, 0.5) is 0 Å². The Hall–Kier alpha value is 0.500. The molecule has 0 aromatic carbocycles. The maximum absolute atomic E-state index is 0. The van der Waals surface area contributed by atoms with Crippen molar-refractivity contribution in [2.45, 2.75) is 0 Å². The molecule has 0 fully saturated rings. The van der Waals surface area contributed by atoms with E-state index in [4.69, 9.17) is 0 Å². The SMILES string of the molecule is N.N.N.N.N.N.[Ag]. The van der Waals surface area contributed by atoms with Gasteiger partial charge in [-0.1, -0.05) is 0 Å². The Kier molecular flexibility index (Phi) is 142000. The van der Waals surface area contributed by atoms with E-state index in [1.165, 1.54) is 0 Å². The molecule has 6 nitrogen and oxygen atoms in total. The summed E-state index contributed by atoms with van der Waals surface area (Å²) < 4.78 is 0. The molecule has 59 valence electrons. The molecule has 1 radical (unpaired) electrons. The molecule has 0 rings (SSSR count). The molecule has 18 N–H and O–H groups in total. The molecular weight excluding hydrogens is 192 g/mol. The zero-order chi connectivity index (χ0) is 0. The fourth-order valence-electron chi connectivity index (χ4n) is 0. The maximum atomic E-state index is 0. The second-order valence-electron chi connectivity index (χ2n) is 0. The molecule has 0 amide bonds. The van der Waals surface area contributed by atoms with Crippen molar-refractivity contribution in [3.63, 3.8) is 0 Å². The van der Waals surface area contributed by atoms with Crippen LogP contribution >= 0.6 is 0 Å². The summed E-state index contributed by atoms with van der Waals surface area (Å²) in [6.45, 7) is 0. The van der Waals surface area contributed by atoms with E-state index in [2.05, 4.69) is 0 Å². The second-order valence-corrected chi connectivity index (χ2v) is 0. The fraction of sp³-hybridized carbons (Fsp3) is 0. The van der Waals surface area contributed by atoms with Gasteiger partial charge in [0.2, 0.25) is 0 Å². The van der Waals surface area contributed by atoms with Crippen LogP contribution in [0.3, 0.4) is 0 Å². The van der Waals surface area contributed by atoms with E-state index in [-0.39, 0.29) is 59.3 Å². The largest absolute Gasteiger partial charge is 0.344 e. The van der Waals surface area contributed by atoms with Crippen molar-refractivity contribution in [1.82, 2.24) is 36.9 Å². The third-order valence-electron chi connectivity index (χ3n) is 0. The van der Waals surface area contributed by atoms with Gasteiger partial charge in [-0.3, -0.25) is 0 Å². The van der Waals surface area contributed by atoms with Crippen molar-refractivity contribution in [3.05, 3.63) is 0 Å². The third kappa shape index (κ3) is 526. The minimum Gasteiger partial charge on any atom is -0.344 e. The van der Waals surface area contributed by atoms with Crippen molar-refractivity contribution in [2.75, 3.05) is 0 Å². The van der Waals surface area contributed by atoms with Gasteiger partial charge in [-0.2, -0.15) is 0 Å². The first-order valence-electron chi connectivity index (χ1n) is 0. The first-order valence-corrected chi connectivity index (χ1v) is 0. The molecule has 0 aliphatic carbocycles. The molecular formula is H18AgN6. The van der Waals surface area contributed by atoms with E-state index in [9.17, 15) is 0 Å². The second kappa shape index (κ2) is 786. The Labute approximate surface area is 59.8 Å². The summed E-state index contributed by atoms with van der Waals surface area (Å²) in [7, 11) is 0. The number of rotatable bonds is 0. The molecule has 7 heteroatoms. The minimum absolute atomic E-state index is 0. The van der Waals surface area contributed by atoms with Crippen LogP contribution in [0.5, 0.6) is 0 Å². The van der Waals surface area contributed by atoms with Gasteiger partial charge in [0.1, 0.15) is 0 Å². The van der Waals surface area contributed by atoms with Crippen molar-refractivity contribution < 1.29 is 22.4 Å². The summed E-state index contributed by atoms with van der Waals surface area (Å²) in [5.41, 5.74) is 0. The number of hydrogen-bond donors (Lipinski definition) is 6. The molecule has 0 aromatic rings. The average molecular weight is 210 g/mol. The first kappa shape index (κ1) is 1270. The summed E-state index contributed by atoms with van der Waals surface area (Å²) >= 11 is 0. The molecule has 0 bridgehead atoms. The molecule has 0 spiro atoms. The Balaban J connectivity index is 0. The van der Waals surface area contributed by atoms with Crippen LogP contribution in [0.1, 0.15) is 0 Å². The van der Waals surface area contributed by atoms with Crippen LogP contribution in [0.25, 0.3) is 0 Å². The maximum Gasteiger partial charge on any atom is 0 e. The van der Waals surface area contributed by atoms with E-state index in [1.807, 2.05) is 0 Å². The zero-order valence-electron chi connectivity index (χ0n) is 4.54. The van der Waals surface area contributed by atoms with E-state index >= 15 is 0 Å². The van der Waals surface area contributed by atoms with Crippen LogP contribution in [0.15, 0.2) is 0 Å². The van der Waals surface area contributed by atoms with Gasteiger partial charge in [0.15, 0.2) is 0 Å². The topological polar surface area (TPSA) is 210 Å². The standard InChI is InChI=1S/Ag.6H3N/h;6*1H3. The molecule has 0 aliphatic heterocycles. The van der Waals surface area contributed by atoms with Gasteiger partial charge in [0.05, 0.1) is 0 Å². The van der Waals surface area contributed by atoms with Crippen LogP contribution in [-0.4, -0.2) is 0 Å². The van der Waals surface area contributed by atoms with Crippen molar-refractivity contribution in [3.8, 4) is 0 Å². The molecule has 0 heterocycles. The van der Waals surface area contributed by atoms with Crippen molar-refractivity contribution in [1.29, 1.82) is 0 Å². The van der Waals surface area contributed by atoms with E-state index in [0.717, 1.165) is 0 Å². The van der Waals surface area contributed by atoms with Crippen LogP contribution in [0.2, 0.25) is 0 Å². The predicted molar refractivity (Wildman–Crippen MR) is 30.1 cm³/mol. The van der Waals surface area contributed by atoms with Gasteiger partial charge in [-0.25, -0.2) is 0 Å². The molecule has 7 heavy (non-hydrogen) atoms. The first-order chi connectivity index (χ1) is 0. The van der Waals surface area contributed by atoms with Gasteiger partial charge in [-0.05, 0) is 0 Å². The van der Waals surface area contributed by atoms with Crippen molar-refractivity contribution >= 4 is 0 Å². The Bertz CT molecular complexity index is 4.14. The van der Waals surface area contributed by atoms with Crippen LogP contribution in [0, 0.1) is 0 Å². The summed E-state index contributed by atoms with van der Waals surface area (Å²) in [5.74, 6) is 0. The van der Waals surface area contributed by atoms with Crippen LogP contribution in [-0.2, 0) is 22.4 Å².